The average Bonchev–Trinajstić information content (AvgIpc) is 2.94. The molecule has 3 rings (SSSR count). The first kappa shape index (κ1) is 19.2. The van der Waals surface area contributed by atoms with E-state index in [0.29, 0.717) is 17.1 Å². The number of rotatable bonds is 6. The molecule has 4 nitrogen and oxygen atoms in total. The van der Waals surface area contributed by atoms with Crippen LogP contribution in [0.5, 0.6) is 0 Å². The molecular weight excluding hydrogens is 362 g/mol. The van der Waals surface area contributed by atoms with Crippen LogP contribution in [0.1, 0.15) is 43.4 Å². The van der Waals surface area contributed by atoms with Gasteiger partial charge in [0.05, 0.1) is 11.6 Å². The molecule has 2 aromatic carbocycles. The van der Waals surface area contributed by atoms with Crippen molar-refractivity contribution >= 4 is 29.1 Å². The Morgan fingerprint density at radius 2 is 1.70 bits per heavy atom. The molecule has 1 atom stereocenters. The summed E-state index contributed by atoms with van der Waals surface area (Å²) >= 11 is 6.00. The monoisotopic (exact) mass is 383 g/mol. The number of aliphatic hydroxyl groups is 1. The number of likely N-dealkylation sites (tertiary alicyclic amines) is 1. The third-order valence-corrected chi connectivity index (χ3v) is 5.03. The summed E-state index contributed by atoms with van der Waals surface area (Å²) < 4.78 is 0. The molecule has 0 radical (unpaired) electrons. The second-order valence-corrected chi connectivity index (χ2v) is 7.05. The Morgan fingerprint density at radius 1 is 1.04 bits per heavy atom. The lowest BCUT2D eigenvalue weighted by molar-refractivity contribution is -0.139. The predicted molar refractivity (Wildman–Crippen MR) is 106 cm³/mol. The summed E-state index contributed by atoms with van der Waals surface area (Å²) in [6.45, 7) is 2.55. The molecule has 0 spiro atoms. The number of hydrogen-bond acceptors (Lipinski definition) is 3. The Morgan fingerprint density at radius 3 is 2.33 bits per heavy atom. The van der Waals surface area contributed by atoms with E-state index in [4.69, 9.17) is 11.6 Å². The summed E-state index contributed by atoms with van der Waals surface area (Å²) in [7, 11) is 0. The van der Waals surface area contributed by atoms with E-state index >= 15 is 0 Å². The van der Waals surface area contributed by atoms with Crippen molar-refractivity contribution < 1.29 is 14.7 Å². The molecule has 1 amide bonds. The zero-order chi connectivity index (χ0) is 19.4. The zero-order valence-electron chi connectivity index (χ0n) is 15.2. The minimum Gasteiger partial charge on any atom is -0.507 e. The smallest absolute Gasteiger partial charge is 0.295 e. The number of nitrogens with zero attached hydrogens (tertiary/aromatic N) is 1. The molecule has 1 heterocycles. The van der Waals surface area contributed by atoms with Crippen LogP contribution in [0.2, 0.25) is 5.02 Å². The molecule has 1 fully saturated rings. The largest absolute Gasteiger partial charge is 0.507 e. The van der Waals surface area contributed by atoms with Gasteiger partial charge in [-0.2, -0.15) is 0 Å². The minimum atomic E-state index is -0.646. The molecule has 2 aromatic rings. The van der Waals surface area contributed by atoms with Crippen LogP contribution >= 0.6 is 11.6 Å². The molecule has 1 N–H and O–H groups in total. The van der Waals surface area contributed by atoms with Crippen LogP contribution < -0.4 is 0 Å². The molecule has 0 aromatic heterocycles. The normalized spacial score (nSPS) is 18.9. The quantitative estimate of drug-likeness (QED) is 0.332. The Bertz CT molecular complexity index is 859. The van der Waals surface area contributed by atoms with E-state index < -0.39 is 17.7 Å². The molecule has 0 aliphatic carbocycles. The minimum absolute atomic E-state index is 0.130. The third kappa shape index (κ3) is 3.91. The lowest BCUT2D eigenvalue weighted by atomic mass is 9.95. The maximum absolute atomic E-state index is 12.8. The summed E-state index contributed by atoms with van der Waals surface area (Å²) in [5.74, 6) is -1.36. The number of Topliss-reactive ketones (excluding diaryl/α,β-unsaturated/α-hetero) is 1. The van der Waals surface area contributed by atoms with Crippen LogP contribution in [-0.4, -0.2) is 28.2 Å². The number of halogens is 1. The lowest BCUT2D eigenvalue weighted by Crippen LogP contribution is -2.30. The van der Waals surface area contributed by atoms with Gasteiger partial charge in [0.1, 0.15) is 5.76 Å². The van der Waals surface area contributed by atoms with Gasteiger partial charge in [0.25, 0.3) is 11.7 Å². The van der Waals surface area contributed by atoms with E-state index in [2.05, 4.69) is 6.92 Å². The van der Waals surface area contributed by atoms with Gasteiger partial charge in [-0.15, -0.1) is 0 Å². The number of ketones is 1. The van der Waals surface area contributed by atoms with Crippen LogP contribution in [0.3, 0.4) is 0 Å². The number of carbonyl (C=O) groups is 2. The molecule has 1 aliphatic heterocycles. The van der Waals surface area contributed by atoms with Crippen molar-refractivity contribution in [1.29, 1.82) is 0 Å². The fourth-order valence-corrected chi connectivity index (χ4v) is 3.51. The number of aliphatic hydroxyl groups excluding tert-OH is 1. The first-order valence-corrected chi connectivity index (χ1v) is 9.51. The Labute approximate surface area is 164 Å². The van der Waals surface area contributed by atoms with Crippen LogP contribution in [0.15, 0.2) is 60.2 Å². The van der Waals surface area contributed by atoms with Crippen molar-refractivity contribution in [2.75, 3.05) is 6.54 Å². The Balaban J connectivity index is 2.10. The molecular formula is C22H22ClNO3. The number of carbonyl (C=O) groups excluding carboxylic acids is 2. The van der Waals surface area contributed by atoms with Gasteiger partial charge < -0.3 is 10.0 Å². The number of benzene rings is 2. The number of amides is 1. The van der Waals surface area contributed by atoms with Gasteiger partial charge in [-0.05, 0) is 24.1 Å². The summed E-state index contributed by atoms with van der Waals surface area (Å²) in [6, 6.07) is 15.3. The molecule has 140 valence electrons. The lowest BCUT2D eigenvalue weighted by Gasteiger charge is -2.25. The van der Waals surface area contributed by atoms with E-state index in [9.17, 15) is 14.7 Å². The first-order chi connectivity index (χ1) is 13.0. The highest BCUT2D eigenvalue weighted by Crippen LogP contribution is 2.39. The van der Waals surface area contributed by atoms with Crippen molar-refractivity contribution in [3.63, 3.8) is 0 Å². The third-order valence-electron chi connectivity index (χ3n) is 4.78. The zero-order valence-corrected chi connectivity index (χ0v) is 15.9. The van der Waals surface area contributed by atoms with Gasteiger partial charge in [0.2, 0.25) is 0 Å². The van der Waals surface area contributed by atoms with Crippen LogP contribution in [0.25, 0.3) is 5.76 Å². The highest BCUT2D eigenvalue weighted by atomic mass is 35.5. The SMILES string of the molecule is CCCCCN1C(=O)C(=O)/C(=C(\O)c2ccccc2)C1c1ccc(Cl)cc1. The molecule has 1 unspecified atom stereocenters. The standard InChI is InChI=1S/C22H22ClNO3/c1-2-3-7-14-24-19(15-10-12-17(23)13-11-15)18(21(26)22(24)27)20(25)16-8-5-4-6-9-16/h4-6,8-13,19,25H,2-3,7,14H2,1H3/b20-18-. The second-order valence-electron chi connectivity index (χ2n) is 6.62. The Hall–Kier alpha value is -2.59. The Kier molecular flexibility index (Phi) is 5.97. The summed E-state index contributed by atoms with van der Waals surface area (Å²) in [6.07, 6.45) is 2.79. The van der Waals surface area contributed by atoms with E-state index in [1.54, 1.807) is 53.4 Å². The highest BCUT2D eigenvalue weighted by Gasteiger charge is 2.45. The van der Waals surface area contributed by atoms with Gasteiger partial charge in [-0.25, -0.2) is 0 Å². The summed E-state index contributed by atoms with van der Waals surface area (Å²) in [5.41, 5.74) is 1.40. The van der Waals surface area contributed by atoms with Crippen molar-refractivity contribution in [3.8, 4) is 0 Å². The highest BCUT2D eigenvalue weighted by molar-refractivity contribution is 6.46. The van der Waals surface area contributed by atoms with Gasteiger partial charge >= 0.3 is 0 Å². The molecule has 5 heteroatoms. The number of hydrogen-bond donors (Lipinski definition) is 1. The first-order valence-electron chi connectivity index (χ1n) is 9.14. The summed E-state index contributed by atoms with van der Waals surface area (Å²) in [4.78, 5) is 27.0. The molecule has 1 saturated heterocycles. The molecule has 1 aliphatic rings. The van der Waals surface area contributed by atoms with Gasteiger partial charge in [0.15, 0.2) is 0 Å². The van der Waals surface area contributed by atoms with E-state index in [1.165, 1.54) is 0 Å². The van der Waals surface area contributed by atoms with Crippen LogP contribution in [0, 0.1) is 0 Å². The maximum atomic E-state index is 12.8. The molecule has 0 bridgehead atoms. The maximum Gasteiger partial charge on any atom is 0.295 e. The number of unbranched alkanes of at least 4 members (excludes halogenated alkanes) is 2. The average molecular weight is 384 g/mol. The van der Waals surface area contributed by atoms with Gasteiger partial charge in [0, 0.05) is 17.1 Å². The van der Waals surface area contributed by atoms with Crippen molar-refractivity contribution in [2.45, 2.75) is 32.2 Å². The molecule has 0 saturated carbocycles. The molecule has 27 heavy (non-hydrogen) atoms. The van der Waals surface area contributed by atoms with Gasteiger partial charge in [-0.1, -0.05) is 73.8 Å². The second kappa shape index (κ2) is 8.40. The van der Waals surface area contributed by atoms with Crippen molar-refractivity contribution in [3.05, 3.63) is 76.3 Å². The fourth-order valence-electron chi connectivity index (χ4n) is 3.39. The van der Waals surface area contributed by atoms with Crippen molar-refractivity contribution in [2.24, 2.45) is 0 Å². The predicted octanol–water partition coefficient (Wildman–Crippen LogP) is 4.95. The summed E-state index contributed by atoms with van der Waals surface area (Å²) in [5, 5.41) is 11.4. The van der Waals surface area contributed by atoms with E-state index in [-0.39, 0.29) is 11.3 Å². The van der Waals surface area contributed by atoms with Crippen molar-refractivity contribution in [1.82, 2.24) is 4.90 Å². The fraction of sp³-hybridized carbons (Fsp3) is 0.273. The van der Waals surface area contributed by atoms with E-state index in [1.807, 2.05) is 6.07 Å². The van der Waals surface area contributed by atoms with Crippen LogP contribution in [-0.2, 0) is 9.59 Å². The van der Waals surface area contributed by atoms with Gasteiger partial charge in [-0.3, -0.25) is 9.59 Å². The van der Waals surface area contributed by atoms with E-state index in [0.717, 1.165) is 24.8 Å². The van der Waals surface area contributed by atoms with Crippen LogP contribution in [0.4, 0.5) is 0 Å². The topological polar surface area (TPSA) is 57.6 Å².